The summed E-state index contributed by atoms with van der Waals surface area (Å²) in [5.74, 6) is -3.53. The number of carboxylic acids is 1. The number of aliphatic carboxylic acids is 1. The SMILES string of the molecule is CCOC(=O)C(O)(c1ccc(N(CC)C(=O)CCC(=O)O)cc1)C(F)(F)F. The van der Waals surface area contributed by atoms with Crippen LogP contribution in [0.3, 0.4) is 0 Å². The summed E-state index contributed by atoms with van der Waals surface area (Å²) in [5.41, 5.74) is -4.40. The van der Waals surface area contributed by atoms with Crippen LogP contribution >= 0.6 is 0 Å². The van der Waals surface area contributed by atoms with Gasteiger partial charge in [-0.2, -0.15) is 13.2 Å². The summed E-state index contributed by atoms with van der Waals surface area (Å²) in [6, 6.07) is 4.00. The number of carbonyl (C=O) groups is 3. The molecule has 1 rings (SSSR count). The van der Waals surface area contributed by atoms with Crippen LogP contribution in [0.2, 0.25) is 0 Å². The smallest absolute Gasteiger partial charge is 0.432 e. The van der Waals surface area contributed by atoms with Crippen LogP contribution in [0.5, 0.6) is 0 Å². The number of anilines is 1. The number of benzene rings is 1. The number of amides is 1. The van der Waals surface area contributed by atoms with Crippen LogP contribution in [0.1, 0.15) is 32.3 Å². The van der Waals surface area contributed by atoms with Gasteiger partial charge in [0, 0.05) is 24.2 Å². The Hall–Kier alpha value is -2.62. The van der Waals surface area contributed by atoms with Crippen molar-refractivity contribution in [2.75, 3.05) is 18.1 Å². The maximum absolute atomic E-state index is 13.3. The minimum absolute atomic E-state index is 0.152. The van der Waals surface area contributed by atoms with Crippen molar-refractivity contribution in [3.8, 4) is 0 Å². The third kappa shape index (κ3) is 4.97. The van der Waals surface area contributed by atoms with Crippen molar-refractivity contribution in [1.29, 1.82) is 0 Å². The molecular weight excluding hydrogens is 371 g/mol. The van der Waals surface area contributed by atoms with Crippen molar-refractivity contribution in [2.45, 2.75) is 38.5 Å². The third-order valence-electron chi connectivity index (χ3n) is 3.75. The summed E-state index contributed by atoms with van der Waals surface area (Å²) < 4.78 is 44.3. The van der Waals surface area contributed by atoms with E-state index in [1.165, 1.54) is 11.8 Å². The molecule has 10 heteroatoms. The van der Waals surface area contributed by atoms with E-state index in [4.69, 9.17) is 5.11 Å². The first-order valence-corrected chi connectivity index (χ1v) is 8.08. The van der Waals surface area contributed by atoms with E-state index in [1.807, 2.05) is 0 Å². The highest BCUT2D eigenvalue weighted by Gasteiger charge is 2.62. The third-order valence-corrected chi connectivity index (χ3v) is 3.75. The molecule has 0 aliphatic carbocycles. The zero-order chi connectivity index (χ0) is 20.8. The van der Waals surface area contributed by atoms with Gasteiger partial charge in [-0.25, -0.2) is 4.79 Å². The van der Waals surface area contributed by atoms with E-state index in [1.54, 1.807) is 6.92 Å². The molecule has 2 N–H and O–H groups in total. The summed E-state index contributed by atoms with van der Waals surface area (Å²) in [6.45, 7) is 2.72. The van der Waals surface area contributed by atoms with Gasteiger partial charge in [0.25, 0.3) is 5.60 Å². The predicted molar refractivity (Wildman–Crippen MR) is 87.9 cm³/mol. The Balaban J connectivity index is 3.18. The molecule has 1 unspecified atom stereocenters. The second kappa shape index (κ2) is 8.85. The number of esters is 1. The van der Waals surface area contributed by atoms with E-state index in [0.717, 1.165) is 24.3 Å². The summed E-state index contributed by atoms with van der Waals surface area (Å²) in [4.78, 5) is 35.6. The van der Waals surface area contributed by atoms with Crippen LogP contribution in [-0.2, 0) is 24.7 Å². The number of alkyl halides is 3. The van der Waals surface area contributed by atoms with Gasteiger partial charge in [-0.15, -0.1) is 0 Å². The average molecular weight is 391 g/mol. The quantitative estimate of drug-likeness (QED) is 0.659. The number of ether oxygens (including phenoxy) is 1. The predicted octanol–water partition coefficient (Wildman–Crippen LogP) is 2.22. The maximum Gasteiger partial charge on any atom is 0.432 e. The Kier molecular flexibility index (Phi) is 7.35. The monoisotopic (exact) mass is 391 g/mol. The molecule has 1 amide bonds. The van der Waals surface area contributed by atoms with Crippen LogP contribution in [0, 0.1) is 0 Å². The number of halogens is 3. The maximum atomic E-state index is 13.3. The first-order chi connectivity index (χ1) is 12.5. The van der Waals surface area contributed by atoms with Crippen molar-refractivity contribution in [1.82, 2.24) is 0 Å². The van der Waals surface area contributed by atoms with Gasteiger partial charge in [-0.05, 0) is 26.0 Å². The summed E-state index contributed by atoms with van der Waals surface area (Å²) in [5, 5.41) is 18.7. The molecule has 0 saturated heterocycles. The Morgan fingerprint density at radius 3 is 2.04 bits per heavy atom. The van der Waals surface area contributed by atoms with E-state index in [9.17, 15) is 32.7 Å². The van der Waals surface area contributed by atoms with Crippen LogP contribution < -0.4 is 4.90 Å². The van der Waals surface area contributed by atoms with E-state index < -0.39 is 35.2 Å². The van der Waals surface area contributed by atoms with Crippen molar-refractivity contribution < 1.29 is 42.5 Å². The number of hydrogen-bond donors (Lipinski definition) is 2. The average Bonchev–Trinajstić information content (AvgIpc) is 2.59. The van der Waals surface area contributed by atoms with Gasteiger partial charge >= 0.3 is 18.1 Å². The summed E-state index contributed by atoms with van der Waals surface area (Å²) >= 11 is 0. The van der Waals surface area contributed by atoms with E-state index in [2.05, 4.69) is 4.74 Å². The molecule has 0 aromatic heterocycles. The highest BCUT2D eigenvalue weighted by molar-refractivity contribution is 5.94. The lowest BCUT2D eigenvalue weighted by molar-refractivity contribution is -0.267. The molecule has 0 fully saturated rings. The van der Waals surface area contributed by atoms with Crippen LogP contribution in [0.4, 0.5) is 18.9 Å². The van der Waals surface area contributed by atoms with Gasteiger partial charge in [-0.1, -0.05) is 12.1 Å². The number of hydrogen-bond acceptors (Lipinski definition) is 5. The zero-order valence-electron chi connectivity index (χ0n) is 14.7. The molecular formula is C17H20F3NO6. The van der Waals surface area contributed by atoms with E-state index >= 15 is 0 Å². The normalized spacial score (nSPS) is 13.6. The van der Waals surface area contributed by atoms with E-state index in [-0.39, 0.29) is 31.7 Å². The summed E-state index contributed by atoms with van der Waals surface area (Å²) in [7, 11) is 0. The van der Waals surface area contributed by atoms with Crippen LogP contribution in [0.25, 0.3) is 0 Å². The van der Waals surface area contributed by atoms with Gasteiger partial charge in [0.15, 0.2) is 0 Å². The minimum atomic E-state index is -5.32. The molecule has 0 aliphatic rings. The number of aliphatic hydroxyl groups is 1. The molecule has 150 valence electrons. The minimum Gasteiger partial charge on any atom is -0.481 e. The Morgan fingerprint density at radius 2 is 1.63 bits per heavy atom. The van der Waals surface area contributed by atoms with E-state index in [0.29, 0.717) is 0 Å². The lowest BCUT2D eigenvalue weighted by Gasteiger charge is -2.29. The zero-order valence-corrected chi connectivity index (χ0v) is 14.7. The molecule has 1 atom stereocenters. The molecule has 1 aromatic carbocycles. The molecule has 0 saturated carbocycles. The van der Waals surface area contributed by atoms with Crippen LogP contribution in [-0.4, -0.2) is 47.4 Å². The van der Waals surface area contributed by atoms with Crippen molar-refractivity contribution >= 4 is 23.5 Å². The number of nitrogens with zero attached hydrogens (tertiary/aromatic N) is 1. The fourth-order valence-corrected chi connectivity index (χ4v) is 2.37. The second-order valence-electron chi connectivity index (χ2n) is 5.51. The molecule has 0 spiro atoms. The van der Waals surface area contributed by atoms with Gasteiger partial charge in [0.05, 0.1) is 13.0 Å². The largest absolute Gasteiger partial charge is 0.481 e. The van der Waals surface area contributed by atoms with Gasteiger partial charge < -0.3 is 19.8 Å². The van der Waals surface area contributed by atoms with Crippen molar-refractivity contribution in [2.24, 2.45) is 0 Å². The molecule has 0 heterocycles. The fourth-order valence-electron chi connectivity index (χ4n) is 2.37. The van der Waals surface area contributed by atoms with Gasteiger partial charge in [0.1, 0.15) is 0 Å². The highest BCUT2D eigenvalue weighted by atomic mass is 19.4. The molecule has 27 heavy (non-hydrogen) atoms. The van der Waals surface area contributed by atoms with Gasteiger partial charge in [0.2, 0.25) is 5.91 Å². The molecule has 0 bridgehead atoms. The first kappa shape index (κ1) is 22.4. The number of carboxylic acid groups (broad SMARTS) is 1. The Bertz CT molecular complexity index is 689. The summed E-state index contributed by atoms with van der Waals surface area (Å²) in [6.07, 6.45) is -5.98. The van der Waals surface area contributed by atoms with Gasteiger partial charge in [-0.3, -0.25) is 9.59 Å². The Morgan fingerprint density at radius 1 is 1.07 bits per heavy atom. The number of carbonyl (C=O) groups excluding carboxylic acids is 2. The fraction of sp³-hybridized carbons (Fsp3) is 0.471. The van der Waals surface area contributed by atoms with Crippen molar-refractivity contribution in [3.63, 3.8) is 0 Å². The molecule has 1 aromatic rings. The molecule has 0 aliphatic heterocycles. The molecule has 0 radical (unpaired) electrons. The molecule has 7 nitrogen and oxygen atoms in total. The topological polar surface area (TPSA) is 104 Å². The first-order valence-electron chi connectivity index (χ1n) is 8.08. The van der Waals surface area contributed by atoms with Crippen molar-refractivity contribution in [3.05, 3.63) is 29.8 Å². The van der Waals surface area contributed by atoms with Crippen LogP contribution in [0.15, 0.2) is 24.3 Å². The Labute approximate surface area is 153 Å². The highest BCUT2D eigenvalue weighted by Crippen LogP contribution is 2.40. The second-order valence-corrected chi connectivity index (χ2v) is 5.51. The lowest BCUT2D eigenvalue weighted by atomic mass is 9.92. The number of rotatable bonds is 8. The lowest BCUT2D eigenvalue weighted by Crippen LogP contribution is -2.50. The standard InChI is InChI=1S/C17H20F3NO6/c1-3-21(13(22)9-10-14(23)24)12-7-5-11(6-8-12)16(26,17(18,19)20)15(25)27-4-2/h5-8,26H,3-4,9-10H2,1-2H3,(H,23,24).